The summed E-state index contributed by atoms with van der Waals surface area (Å²) in [5, 5.41) is 9.02. The first kappa shape index (κ1) is 19.7. The van der Waals surface area contributed by atoms with Crippen LogP contribution >= 0.6 is 0 Å². The molecule has 2 aliphatic heterocycles. The second-order valence-corrected chi connectivity index (χ2v) is 7.41. The van der Waals surface area contributed by atoms with Crippen LogP contribution in [0.5, 0.6) is 0 Å². The largest absolute Gasteiger partial charge is 0.478 e. The number of carboxylic acids is 1. The van der Waals surface area contributed by atoms with Crippen LogP contribution in [0, 0.1) is 0 Å². The van der Waals surface area contributed by atoms with Gasteiger partial charge in [0, 0.05) is 38.3 Å². The second-order valence-electron chi connectivity index (χ2n) is 7.41. The first-order chi connectivity index (χ1) is 14.6. The van der Waals surface area contributed by atoms with Gasteiger partial charge in [0.1, 0.15) is 6.61 Å². The Balaban J connectivity index is 1.33. The van der Waals surface area contributed by atoms with E-state index in [4.69, 9.17) is 9.84 Å². The number of carboxylic acid groups (broad SMARTS) is 1. The molecule has 2 heterocycles. The molecule has 154 valence electrons. The maximum Gasteiger partial charge on any atom is 0.410 e. The van der Waals surface area contributed by atoms with E-state index in [1.165, 1.54) is 0 Å². The summed E-state index contributed by atoms with van der Waals surface area (Å²) in [5.74, 6) is -0.933. The van der Waals surface area contributed by atoms with E-state index in [0.29, 0.717) is 32.6 Å². The van der Waals surface area contributed by atoms with Crippen molar-refractivity contribution in [1.29, 1.82) is 0 Å². The standard InChI is InChI=1S/C23H23N3O4/c27-22(28)19-8-6-17(7-9-19)12-25-13-20-14-26(11-10-21(20)24-16-25)23(29)30-15-18-4-2-1-3-5-18/h1-9,16H,10-15H2,(H,27,28). The average Bonchev–Trinajstić information content (AvgIpc) is 2.78. The van der Waals surface area contributed by atoms with E-state index < -0.39 is 5.97 Å². The molecule has 0 saturated heterocycles. The third kappa shape index (κ3) is 4.68. The van der Waals surface area contributed by atoms with Crippen molar-refractivity contribution in [3.8, 4) is 0 Å². The Kier molecular flexibility index (Phi) is 5.79. The van der Waals surface area contributed by atoms with Crippen LogP contribution in [0.3, 0.4) is 0 Å². The van der Waals surface area contributed by atoms with Crippen LogP contribution in [0.15, 0.2) is 70.9 Å². The van der Waals surface area contributed by atoms with Gasteiger partial charge in [-0.15, -0.1) is 0 Å². The molecule has 2 aliphatic rings. The summed E-state index contributed by atoms with van der Waals surface area (Å²) in [5.41, 5.74) is 4.39. The number of carbonyl (C=O) groups excluding carboxylic acids is 1. The number of rotatable bonds is 5. The molecule has 30 heavy (non-hydrogen) atoms. The van der Waals surface area contributed by atoms with Gasteiger partial charge in [-0.25, -0.2) is 14.6 Å². The fourth-order valence-corrected chi connectivity index (χ4v) is 3.60. The molecule has 0 spiro atoms. The minimum atomic E-state index is -0.933. The third-order valence-electron chi connectivity index (χ3n) is 5.23. The fraction of sp³-hybridized carbons (Fsp3) is 0.261. The smallest absolute Gasteiger partial charge is 0.410 e. The monoisotopic (exact) mass is 405 g/mol. The second kappa shape index (κ2) is 8.82. The zero-order chi connectivity index (χ0) is 20.9. The van der Waals surface area contributed by atoms with Gasteiger partial charge in [0.05, 0.1) is 11.9 Å². The lowest BCUT2D eigenvalue weighted by atomic mass is 10.0. The van der Waals surface area contributed by atoms with E-state index in [1.807, 2.05) is 48.8 Å². The van der Waals surface area contributed by atoms with Crippen molar-refractivity contribution in [2.45, 2.75) is 19.6 Å². The van der Waals surface area contributed by atoms with E-state index in [2.05, 4.69) is 9.89 Å². The maximum absolute atomic E-state index is 12.5. The molecule has 0 bridgehead atoms. The fourth-order valence-electron chi connectivity index (χ4n) is 3.60. The van der Waals surface area contributed by atoms with Crippen molar-refractivity contribution in [1.82, 2.24) is 9.80 Å². The van der Waals surface area contributed by atoms with Crippen molar-refractivity contribution in [3.63, 3.8) is 0 Å². The van der Waals surface area contributed by atoms with E-state index in [-0.39, 0.29) is 18.3 Å². The Morgan fingerprint density at radius 3 is 2.50 bits per heavy atom. The molecule has 0 aromatic heterocycles. The average molecular weight is 405 g/mol. The van der Waals surface area contributed by atoms with E-state index in [9.17, 15) is 9.59 Å². The molecule has 7 heteroatoms. The normalized spacial score (nSPS) is 15.7. The van der Waals surface area contributed by atoms with Crippen molar-refractivity contribution >= 4 is 18.4 Å². The quantitative estimate of drug-likeness (QED) is 0.823. The number of amides is 1. The van der Waals surface area contributed by atoms with Crippen molar-refractivity contribution in [2.75, 3.05) is 19.6 Å². The molecule has 7 nitrogen and oxygen atoms in total. The predicted octanol–water partition coefficient (Wildman–Crippen LogP) is 3.53. The Labute approximate surface area is 174 Å². The Hall–Kier alpha value is -3.61. The third-order valence-corrected chi connectivity index (χ3v) is 5.23. The minimum absolute atomic E-state index is 0.263. The van der Waals surface area contributed by atoms with Crippen LogP contribution < -0.4 is 0 Å². The highest BCUT2D eigenvalue weighted by atomic mass is 16.6. The molecular weight excluding hydrogens is 382 g/mol. The molecule has 2 aromatic rings. The van der Waals surface area contributed by atoms with Gasteiger partial charge in [0.25, 0.3) is 0 Å². The number of carbonyl (C=O) groups is 2. The molecule has 0 atom stereocenters. The summed E-state index contributed by atoms with van der Waals surface area (Å²) in [7, 11) is 0. The van der Waals surface area contributed by atoms with Crippen LogP contribution in [-0.4, -0.2) is 52.9 Å². The topological polar surface area (TPSA) is 82.4 Å². The van der Waals surface area contributed by atoms with Crippen LogP contribution in [0.2, 0.25) is 0 Å². The van der Waals surface area contributed by atoms with Crippen molar-refractivity contribution < 1.29 is 19.4 Å². The number of hydrogen-bond acceptors (Lipinski definition) is 5. The van der Waals surface area contributed by atoms with Crippen molar-refractivity contribution in [2.24, 2.45) is 4.99 Å². The number of aliphatic imine (C=N–C) groups is 1. The highest BCUT2D eigenvalue weighted by Crippen LogP contribution is 2.24. The van der Waals surface area contributed by atoms with E-state index >= 15 is 0 Å². The summed E-state index contributed by atoms with van der Waals surface area (Å²) >= 11 is 0. The number of benzene rings is 2. The molecule has 1 amide bonds. The van der Waals surface area contributed by atoms with Gasteiger partial charge in [0.2, 0.25) is 0 Å². The molecule has 0 unspecified atom stereocenters. The van der Waals surface area contributed by atoms with E-state index in [1.54, 1.807) is 17.0 Å². The molecule has 0 radical (unpaired) electrons. The number of hydrogen-bond donors (Lipinski definition) is 1. The van der Waals surface area contributed by atoms with Crippen LogP contribution in [-0.2, 0) is 17.9 Å². The maximum atomic E-state index is 12.5. The van der Waals surface area contributed by atoms with Gasteiger partial charge >= 0.3 is 12.1 Å². The Morgan fingerprint density at radius 2 is 1.77 bits per heavy atom. The van der Waals surface area contributed by atoms with Crippen LogP contribution in [0.4, 0.5) is 4.79 Å². The summed E-state index contributed by atoms with van der Waals surface area (Å²) in [4.78, 5) is 31.8. The van der Waals surface area contributed by atoms with Crippen LogP contribution in [0.1, 0.15) is 27.9 Å². The summed E-state index contributed by atoms with van der Waals surface area (Å²) in [6, 6.07) is 16.5. The molecule has 1 N–H and O–H groups in total. The van der Waals surface area contributed by atoms with Gasteiger partial charge in [-0.3, -0.25) is 0 Å². The molecular formula is C23H23N3O4. The number of nitrogens with zero attached hydrogens (tertiary/aromatic N) is 3. The summed E-state index contributed by atoms with van der Waals surface area (Å²) in [6.45, 7) is 2.68. The van der Waals surface area contributed by atoms with Gasteiger partial charge < -0.3 is 19.6 Å². The zero-order valence-corrected chi connectivity index (χ0v) is 16.5. The summed E-state index contributed by atoms with van der Waals surface area (Å²) < 4.78 is 5.46. The SMILES string of the molecule is O=C(O)c1ccc(CN2C=NC3=C(C2)CN(C(=O)OCc2ccccc2)CC3)cc1. The molecule has 0 aliphatic carbocycles. The first-order valence-electron chi connectivity index (χ1n) is 9.85. The zero-order valence-electron chi connectivity index (χ0n) is 16.5. The lowest BCUT2D eigenvalue weighted by molar-refractivity contribution is 0.0696. The Bertz CT molecular complexity index is 983. The summed E-state index contributed by atoms with van der Waals surface area (Å²) in [6.07, 6.45) is 2.23. The van der Waals surface area contributed by atoms with Gasteiger partial charge in [-0.2, -0.15) is 0 Å². The predicted molar refractivity (Wildman–Crippen MR) is 112 cm³/mol. The minimum Gasteiger partial charge on any atom is -0.478 e. The molecule has 4 rings (SSSR count). The number of aromatic carboxylic acids is 1. The highest BCUT2D eigenvalue weighted by molar-refractivity contribution is 5.87. The lowest BCUT2D eigenvalue weighted by Crippen LogP contribution is -2.41. The first-order valence-corrected chi connectivity index (χ1v) is 9.85. The van der Waals surface area contributed by atoms with Gasteiger partial charge in [-0.1, -0.05) is 42.5 Å². The highest BCUT2D eigenvalue weighted by Gasteiger charge is 2.26. The lowest BCUT2D eigenvalue weighted by Gasteiger charge is -2.34. The van der Waals surface area contributed by atoms with Crippen molar-refractivity contribution in [3.05, 3.63) is 82.6 Å². The van der Waals surface area contributed by atoms with Gasteiger partial charge in [0.15, 0.2) is 0 Å². The van der Waals surface area contributed by atoms with Crippen LogP contribution in [0.25, 0.3) is 0 Å². The number of ether oxygens (including phenoxy) is 1. The molecule has 2 aromatic carbocycles. The molecule has 0 fully saturated rings. The van der Waals surface area contributed by atoms with E-state index in [0.717, 1.165) is 22.4 Å². The van der Waals surface area contributed by atoms with Gasteiger partial charge in [-0.05, 0) is 28.8 Å². The molecule has 0 saturated carbocycles. The Morgan fingerprint density at radius 1 is 1.00 bits per heavy atom.